The molecule has 0 N–H and O–H groups in total. The molecular formula is C15H17ClFN3O3S. The fraction of sp³-hybridized carbons (Fsp3) is 0.467. The van der Waals surface area contributed by atoms with Crippen molar-refractivity contribution in [3.63, 3.8) is 0 Å². The lowest BCUT2D eigenvalue weighted by atomic mass is 10.1. The summed E-state index contributed by atoms with van der Waals surface area (Å²) in [6.45, 7) is 7.15. The number of amides is 1. The van der Waals surface area contributed by atoms with E-state index in [0.717, 1.165) is 17.8 Å². The van der Waals surface area contributed by atoms with Crippen LogP contribution in [0.15, 0.2) is 22.1 Å². The molecule has 24 heavy (non-hydrogen) atoms. The van der Waals surface area contributed by atoms with Crippen LogP contribution in [0.1, 0.15) is 38.1 Å². The first-order valence-electron chi connectivity index (χ1n) is 7.13. The third-order valence-electron chi connectivity index (χ3n) is 2.83. The number of halogens is 2. The summed E-state index contributed by atoms with van der Waals surface area (Å²) in [5, 5.41) is 2.34. The van der Waals surface area contributed by atoms with E-state index in [9.17, 15) is 14.0 Å². The number of benzene rings is 1. The number of esters is 1. The van der Waals surface area contributed by atoms with Crippen LogP contribution in [0.2, 0.25) is 5.02 Å². The molecule has 1 unspecified atom stereocenters. The molecule has 1 aromatic carbocycles. The number of carbonyl (C=O) groups is 2. The molecule has 0 aromatic heterocycles. The number of nitrogens with zero attached hydrogens (tertiary/aromatic N) is 3. The maximum absolute atomic E-state index is 13.8. The number of rotatable bonds is 6. The van der Waals surface area contributed by atoms with Crippen molar-refractivity contribution in [3.8, 4) is 0 Å². The monoisotopic (exact) mass is 373 g/mol. The molecule has 0 fully saturated rings. The normalized spacial score (nSPS) is 12.0. The van der Waals surface area contributed by atoms with Crippen molar-refractivity contribution in [1.29, 1.82) is 0 Å². The molecule has 0 bridgehead atoms. The zero-order valence-electron chi connectivity index (χ0n) is 13.6. The first-order chi connectivity index (χ1) is 11.2. The van der Waals surface area contributed by atoms with E-state index in [2.05, 4.69) is 10.0 Å². The Morgan fingerprint density at radius 3 is 2.46 bits per heavy atom. The van der Waals surface area contributed by atoms with Gasteiger partial charge in [-0.3, -0.25) is 9.59 Å². The number of azide groups is 1. The van der Waals surface area contributed by atoms with E-state index in [1.165, 1.54) is 6.07 Å². The summed E-state index contributed by atoms with van der Waals surface area (Å²) in [6, 6.07) is 2.13. The fourth-order valence-electron chi connectivity index (χ4n) is 1.77. The van der Waals surface area contributed by atoms with Crippen LogP contribution in [-0.2, 0) is 9.53 Å². The highest BCUT2D eigenvalue weighted by atomic mass is 35.5. The Balaban J connectivity index is 3.19. The highest BCUT2D eigenvalue weighted by Gasteiger charge is 2.27. The zero-order chi connectivity index (χ0) is 18.4. The maximum Gasteiger partial charge on any atom is 0.319 e. The second-order valence-corrected chi connectivity index (χ2v) is 7.12. The minimum atomic E-state index is -1.06. The Labute approximate surface area is 148 Å². The van der Waals surface area contributed by atoms with Gasteiger partial charge in [-0.25, -0.2) is 4.39 Å². The molecule has 0 aliphatic heterocycles. The van der Waals surface area contributed by atoms with Gasteiger partial charge in [0.05, 0.1) is 16.7 Å². The van der Waals surface area contributed by atoms with Gasteiger partial charge in [0, 0.05) is 9.81 Å². The van der Waals surface area contributed by atoms with Gasteiger partial charge in [0.2, 0.25) is 0 Å². The largest absolute Gasteiger partial charge is 0.462 e. The van der Waals surface area contributed by atoms with Crippen LogP contribution in [0.4, 0.5) is 4.39 Å². The third kappa shape index (κ3) is 5.40. The highest BCUT2D eigenvalue weighted by molar-refractivity contribution is 8.00. The standard InChI is InChI=1S/C15H17ClFN3O3S/c1-7(2)13(15(22)23-8(3)4)24-12-5-9(14(21)19-20-18)11(17)6-10(12)16/h5-8,13H,1-4H3. The van der Waals surface area contributed by atoms with E-state index in [0.29, 0.717) is 4.90 Å². The topological polar surface area (TPSA) is 92.1 Å². The van der Waals surface area contributed by atoms with Crippen molar-refractivity contribution in [2.24, 2.45) is 11.0 Å². The molecule has 0 heterocycles. The van der Waals surface area contributed by atoms with Gasteiger partial charge < -0.3 is 4.74 Å². The Morgan fingerprint density at radius 1 is 1.33 bits per heavy atom. The molecular weight excluding hydrogens is 357 g/mol. The first-order valence-corrected chi connectivity index (χ1v) is 8.38. The summed E-state index contributed by atoms with van der Waals surface area (Å²) in [5.41, 5.74) is 7.91. The third-order valence-corrected chi connectivity index (χ3v) is 4.84. The molecule has 130 valence electrons. The molecule has 6 nitrogen and oxygen atoms in total. The molecule has 0 spiro atoms. The molecule has 9 heteroatoms. The van der Waals surface area contributed by atoms with Gasteiger partial charge in [-0.05, 0) is 42.5 Å². The number of hydrogen-bond acceptors (Lipinski definition) is 4. The van der Waals surface area contributed by atoms with Crippen LogP contribution >= 0.6 is 23.4 Å². The lowest BCUT2D eigenvalue weighted by Gasteiger charge is -2.21. The van der Waals surface area contributed by atoms with Gasteiger partial charge in [0.15, 0.2) is 0 Å². The van der Waals surface area contributed by atoms with Crippen LogP contribution < -0.4 is 0 Å². The van der Waals surface area contributed by atoms with Crippen LogP contribution in [0, 0.1) is 11.7 Å². The van der Waals surface area contributed by atoms with Gasteiger partial charge in [0.1, 0.15) is 11.1 Å². The quantitative estimate of drug-likeness (QED) is 0.230. The lowest BCUT2D eigenvalue weighted by Crippen LogP contribution is -2.27. The molecule has 1 amide bonds. The minimum absolute atomic E-state index is 0.0537. The Kier molecular flexibility index (Phi) is 7.54. The minimum Gasteiger partial charge on any atom is -0.462 e. The summed E-state index contributed by atoms with van der Waals surface area (Å²) in [4.78, 5) is 26.5. The summed E-state index contributed by atoms with van der Waals surface area (Å²) >= 11 is 7.09. The van der Waals surface area contributed by atoms with E-state index in [-0.39, 0.29) is 17.0 Å². The average molecular weight is 374 g/mol. The maximum atomic E-state index is 13.8. The number of ether oxygens (including phenoxy) is 1. The van der Waals surface area contributed by atoms with Gasteiger partial charge in [-0.2, -0.15) is 0 Å². The predicted octanol–water partition coefficient (Wildman–Crippen LogP) is 5.00. The van der Waals surface area contributed by atoms with Crippen molar-refractivity contribution in [3.05, 3.63) is 39.0 Å². The summed E-state index contributed by atoms with van der Waals surface area (Å²) in [7, 11) is 0. The van der Waals surface area contributed by atoms with Gasteiger partial charge in [0.25, 0.3) is 5.91 Å². The van der Waals surface area contributed by atoms with Crippen molar-refractivity contribution in [2.75, 3.05) is 0 Å². The van der Waals surface area contributed by atoms with Crippen molar-refractivity contribution < 1.29 is 18.7 Å². The summed E-state index contributed by atoms with van der Waals surface area (Å²) in [5.74, 6) is -2.46. The smallest absolute Gasteiger partial charge is 0.319 e. The Morgan fingerprint density at radius 2 is 1.96 bits per heavy atom. The molecule has 0 aliphatic rings. The summed E-state index contributed by atoms with van der Waals surface area (Å²) in [6.07, 6.45) is -0.273. The second-order valence-electron chi connectivity index (χ2n) is 5.53. The zero-order valence-corrected chi connectivity index (χ0v) is 15.2. The lowest BCUT2D eigenvalue weighted by molar-refractivity contribution is -0.147. The highest BCUT2D eigenvalue weighted by Crippen LogP contribution is 2.36. The van der Waals surface area contributed by atoms with Gasteiger partial charge in [-0.1, -0.05) is 25.4 Å². The van der Waals surface area contributed by atoms with Gasteiger partial charge in [-0.15, -0.1) is 11.8 Å². The Bertz CT molecular complexity index is 691. The fourth-order valence-corrected chi connectivity index (χ4v) is 3.11. The number of carbonyl (C=O) groups excluding carboxylic acids is 2. The number of thioether (sulfide) groups is 1. The molecule has 0 saturated heterocycles. The van der Waals surface area contributed by atoms with Crippen LogP contribution in [-0.4, -0.2) is 23.2 Å². The molecule has 0 radical (unpaired) electrons. The molecule has 0 saturated carbocycles. The predicted molar refractivity (Wildman–Crippen MR) is 90.6 cm³/mol. The van der Waals surface area contributed by atoms with Crippen LogP contribution in [0.25, 0.3) is 10.4 Å². The summed E-state index contributed by atoms with van der Waals surface area (Å²) < 4.78 is 19.1. The molecule has 1 rings (SSSR count). The van der Waals surface area contributed by atoms with Gasteiger partial charge >= 0.3 is 5.97 Å². The van der Waals surface area contributed by atoms with E-state index in [1.54, 1.807) is 13.8 Å². The van der Waals surface area contributed by atoms with E-state index in [1.807, 2.05) is 13.8 Å². The van der Waals surface area contributed by atoms with Crippen LogP contribution in [0.5, 0.6) is 0 Å². The van der Waals surface area contributed by atoms with Crippen molar-refractivity contribution >= 4 is 35.2 Å². The second kappa shape index (κ2) is 8.92. The van der Waals surface area contributed by atoms with E-state index >= 15 is 0 Å². The molecule has 1 aromatic rings. The Hall–Kier alpha value is -1.76. The average Bonchev–Trinajstić information content (AvgIpc) is 2.45. The van der Waals surface area contributed by atoms with Crippen molar-refractivity contribution in [2.45, 2.75) is 43.9 Å². The van der Waals surface area contributed by atoms with E-state index in [4.69, 9.17) is 21.9 Å². The molecule has 0 aliphatic carbocycles. The van der Waals surface area contributed by atoms with Crippen molar-refractivity contribution in [1.82, 2.24) is 0 Å². The van der Waals surface area contributed by atoms with Crippen LogP contribution in [0.3, 0.4) is 0 Å². The van der Waals surface area contributed by atoms with E-state index < -0.39 is 28.5 Å². The molecule has 1 atom stereocenters. The number of hydrogen-bond donors (Lipinski definition) is 0. The first kappa shape index (κ1) is 20.3. The SMILES string of the molecule is CC(C)OC(=O)C(Sc1cc(C(=O)N=[N+]=[N-])c(F)cc1Cl)C(C)C.